The topological polar surface area (TPSA) is 139 Å². The number of alkyl carbamates (subject to hydrolysis) is 1. The van der Waals surface area contributed by atoms with E-state index >= 15 is 0 Å². The highest BCUT2D eigenvalue weighted by molar-refractivity contribution is 6.02. The summed E-state index contributed by atoms with van der Waals surface area (Å²) < 4.78 is 20.9. The van der Waals surface area contributed by atoms with E-state index in [1.165, 1.54) is 24.9 Å². The lowest BCUT2D eigenvalue weighted by molar-refractivity contribution is -0.145. The van der Waals surface area contributed by atoms with E-state index in [1.807, 2.05) is 24.3 Å². The number of benzene rings is 2. The molecule has 2 aromatic carbocycles. The largest absolute Gasteiger partial charge is 0.463 e. The Labute approximate surface area is 259 Å². The number of fused-ring (bicyclic) bond motifs is 1. The lowest BCUT2D eigenvalue weighted by atomic mass is 10.0. The van der Waals surface area contributed by atoms with Crippen LogP contribution in [0.3, 0.4) is 0 Å². The van der Waals surface area contributed by atoms with Crippen LogP contribution < -0.4 is 15.5 Å². The SMILES string of the molecule is CC(C)(C)OC(=O)NCCC(=O)OCCOCCOCCNC(=O)/C(C#N)=C/c1ccc2cc(N3CCCCC3)ccc2c1. The van der Waals surface area contributed by atoms with Crippen LogP contribution in [-0.4, -0.2) is 82.8 Å². The highest BCUT2D eigenvalue weighted by Crippen LogP contribution is 2.26. The summed E-state index contributed by atoms with van der Waals surface area (Å²) in [5.41, 5.74) is 1.43. The van der Waals surface area contributed by atoms with E-state index in [1.54, 1.807) is 26.8 Å². The molecule has 0 saturated carbocycles. The molecule has 0 aliphatic carbocycles. The van der Waals surface area contributed by atoms with Gasteiger partial charge in [0.25, 0.3) is 5.91 Å². The molecule has 0 aromatic heterocycles. The quantitative estimate of drug-likeness (QED) is 0.131. The van der Waals surface area contributed by atoms with Crippen LogP contribution in [0.4, 0.5) is 10.5 Å². The molecule has 3 rings (SSSR count). The van der Waals surface area contributed by atoms with Crippen LogP contribution in [0.5, 0.6) is 0 Å². The number of anilines is 1. The molecule has 0 unspecified atom stereocenters. The first-order chi connectivity index (χ1) is 21.1. The minimum Gasteiger partial charge on any atom is -0.463 e. The van der Waals surface area contributed by atoms with Crippen LogP contribution in [0.2, 0.25) is 0 Å². The number of amides is 2. The number of nitrogens with zero attached hydrogens (tertiary/aromatic N) is 2. The van der Waals surface area contributed by atoms with Crippen molar-refractivity contribution in [2.24, 2.45) is 0 Å². The molecule has 11 nitrogen and oxygen atoms in total. The third kappa shape index (κ3) is 12.6. The van der Waals surface area contributed by atoms with Crippen molar-refractivity contribution in [1.82, 2.24) is 10.6 Å². The summed E-state index contributed by atoms with van der Waals surface area (Å²) in [4.78, 5) is 38.2. The Morgan fingerprint density at radius 1 is 0.886 bits per heavy atom. The first kappa shape index (κ1) is 34.4. The fourth-order valence-corrected chi connectivity index (χ4v) is 4.53. The molecule has 2 aromatic rings. The van der Waals surface area contributed by atoms with Crippen molar-refractivity contribution in [3.05, 3.63) is 47.5 Å². The molecule has 1 aliphatic rings. The second kappa shape index (κ2) is 17.9. The third-order valence-electron chi connectivity index (χ3n) is 6.64. The molecule has 11 heteroatoms. The number of nitriles is 1. The molecule has 238 valence electrons. The average molecular weight is 609 g/mol. The van der Waals surface area contributed by atoms with Crippen molar-refractivity contribution in [3.63, 3.8) is 0 Å². The standard InChI is InChI=1S/C33H44N4O7/c1-33(2,3)44-32(40)36-12-11-30(38)43-20-19-42-18-17-41-16-13-35-31(39)28(24-34)22-25-7-8-27-23-29(10-9-26(27)21-25)37-14-5-4-6-15-37/h7-10,21-23H,4-6,11-20H2,1-3H3,(H,35,39)(H,36,40)/b28-22+. The van der Waals surface area contributed by atoms with E-state index < -0.39 is 23.6 Å². The zero-order valence-corrected chi connectivity index (χ0v) is 26.0. The molecular weight excluding hydrogens is 564 g/mol. The van der Waals surface area contributed by atoms with Crippen molar-refractivity contribution >= 4 is 40.5 Å². The number of esters is 1. The average Bonchev–Trinajstić information content (AvgIpc) is 2.99. The number of ether oxygens (including phenoxy) is 4. The number of carbonyl (C=O) groups is 3. The first-order valence-electron chi connectivity index (χ1n) is 15.1. The van der Waals surface area contributed by atoms with Gasteiger partial charge in [-0.25, -0.2) is 4.79 Å². The van der Waals surface area contributed by atoms with Gasteiger partial charge in [-0.3, -0.25) is 9.59 Å². The fourth-order valence-electron chi connectivity index (χ4n) is 4.53. The second-order valence-corrected chi connectivity index (χ2v) is 11.4. The van der Waals surface area contributed by atoms with Crippen LogP contribution >= 0.6 is 0 Å². The number of hydrogen-bond acceptors (Lipinski definition) is 9. The summed E-state index contributed by atoms with van der Waals surface area (Å²) >= 11 is 0. The van der Waals surface area contributed by atoms with E-state index in [4.69, 9.17) is 18.9 Å². The highest BCUT2D eigenvalue weighted by atomic mass is 16.6. The molecule has 1 aliphatic heterocycles. The smallest absolute Gasteiger partial charge is 0.407 e. The van der Waals surface area contributed by atoms with E-state index in [-0.39, 0.29) is 51.5 Å². The van der Waals surface area contributed by atoms with Crippen molar-refractivity contribution in [2.75, 3.05) is 64.1 Å². The molecular formula is C33H44N4O7. The van der Waals surface area contributed by atoms with E-state index in [9.17, 15) is 19.6 Å². The maximum atomic E-state index is 12.5. The zero-order valence-electron chi connectivity index (χ0n) is 26.0. The van der Waals surface area contributed by atoms with Crippen LogP contribution in [0.15, 0.2) is 42.0 Å². The lowest BCUT2D eigenvalue weighted by Gasteiger charge is -2.29. The molecule has 44 heavy (non-hydrogen) atoms. The van der Waals surface area contributed by atoms with Gasteiger partial charge in [0.1, 0.15) is 23.9 Å². The summed E-state index contributed by atoms with van der Waals surface area (Å²) in [6, 6.07) is 14.3. The molecule has 1 fully saturated rings. The normalized spacial score (nSPS) is 13.7. The summed E-state index contributed by atoms with van der Waals surface area (Å²) in [5, 5.41) is 16.9. The van der Waals surface area contributed by atoms with Gasteiger partial charge >= 0.3 is 12.1 Å². The molecule has 0 bridgehead atoms. The Balaban J connectivity index is 1.26. The minimum absolute atomic E-state index is 0.0211. The van der Waals surface area contributed by atoms with Gasteiger partial charge in [-0.1, -0.05) is 18.2 Å². The molecule has 2 N–H and O–H groups in total. The van der Waals surface area contributed by atoms with Gasteiger partial charge in [-0.05, 0) is 80.6 Å². The van der Waals surface area contributed by atoms with Gasteiger partial charge in [-0.2, -0.15) is 5.26 Å². The predicted molar refractivity (Wildman–Crippen MR) is 168 cm³/mol. The van der Waals surface area contributed by atoms with Crippen molar-refractivity contribution < 1.29 is 33.3 Å². The molecule has 0 atom stereocenters. The summed E-state index contributed by atoms with van der Waals surface area (Å²) in [6.45, 7) is 8.92. The molecule has 0 radical (unpaired) electrons. The van der Waals surface area contributed by atoms with E-state index in [2.05, 4.69) is 33.7 Å². The van der Waals surface area contributed by atoms with Crippen LogP contribution in [0, 0.1) is 11.3 Å². The Morgan fingerprint density at radius 3 is 2.30 bits per heavy atom. The van der Waals surface area contributed by atoms with Crippen molar-refractivity contribution in [3.8, 4) is 6.07 Å². The maximum Gasteiger partial charge on any atom is 0.407 e. The van der Waals surface area contributed by atoms with Crippen molar-refractivity contribution in [1.29, 1.82) is 5.26 Å². The van der Waals surface area contributed by atoms with Gasteiger partial charge in [0, 0.05) is 31.9 Å². The van der Waals surface area contributed by atoms with Gasteiger partial charge < -0.3 is 34.5 Å². The van der Waals surface area contributed by atoms with Gasteiger partial charge in [0.05, 0.1) is 32.8 Å². The number of hydrogen-bond donors (Lipinski definition) is 2. The van der Waals surface area contributed by atoms with E-state index in [0.29, 0.717) is 6.61 Å². The fraction of sp³-hybridized carbons (Fsp3) is 0.515. The van der Waals surface area contributed by atoms with Crippen LogP contribution in [0.1, 0.15) is 52.0 Å². The Kier molecular flexibility index (Phi) is 13.9. The molecule has 2 amide bonds. The summed E-state index contributed by atoms with van der Waals surface area (Å²) in [6.07, 6.45) is 4.77. The maximum absolute atomic E-state index is 12.5. The molecule has 1 saturated heterocycles. The zero-order chi connectivity index (χ0) is 31.8. The Bertz CT molecular complexity index is 1320. The Morgan fingerprint density at radius 2 is 1.57 bits per heavy atom. The van der Waals surface area contributed by atoms with Gasteiger partial charge in [-0.15, -0.1) is 0 Å². The highest BCUT2D eigenvalue weighted by Gasteiger charge is 2.16. The second-order valence-electron chi connectivity index (χ2n) is 11.4. The van der Waals surface area contributed by atoms with Gasteiger partial charge in [0.15, 0.2) is 0 Å². The summed E-state index contributed by atoms with van der Waals surface area (Å²) in [5.74, 6) is -0.916. The number of piperidine rings is 1. The van der Waals surface area contributed by atoms with Crippen LogP contribution in [-0.2, 0) is 28.5 Å². The monoisotopic (exact) mass is 608 g/mol. The molecule has 1 heterocycles. The Hall–Kier alpha value is -4.14. The van der Waals surface area contributed by atoms with Crippen molar-refractivity contribution in [2.45, 2.75) is 52.1 Å². The third-order valence-corrected chi connectivity index (χ3v) is 6.64. The number of carbonyl (C=O) groups excluding carboxylic acids is 3. The predicted octanol–water partition coefficient (Wildman–Crippen LogP) is 4.34. The van der Waals surface area contributed by atoms with Crippen LogP contribution in [0.25, 0.3) is 16.8 Å². The minimum atomic E-state index is -0.603. The first-order valence-corrected chi connectivity index (χ1v) is 15.1. The van der Waals surface area contributed by atoms with E-state index in [0.717, 1.165) is 29.4 Å². The molecule has 0 spiro atoms. The lowest BCUT2D eigenvalue weighted by Crippen LogP contribution is -2.33. The number of rotatable bonds is 15. The van der Waals surface area contributed by atoms with Gasteiger partial charge in [0.2, 0.25) is 0 Å². The number of nitrogens with one attached hydrogen (secondary N) is 2. The summed E-state index contributed by atoms with van der Waals surface area (Å²) in [7, 11) is 0.